The molecule has 1 aliphatic rings. The summed E-state index contributed by atoms with van der Waals surface area (Å²) in [5.41, 5.74) is 3.09. The molecule has 1 saturated carbocycles. The van der Waals surface area contributed by atoms with Crippen LogP contribution < -0.4 is 14.8 Å². The fourth-order valence-electron chi connectivity index (χ4n) is 4.06. The predicted molar refractivity (Wildman–Crippen MR) is 128 cm³/mol. The van der Waals surface area contributed by atoms with Crippen molar-refractivity contribution in [1.29, 1.82) is 0 Å². The summed E-state index contributed by atoms with van der Waals surface area (Å²) in [6.07, 6.45) is 4.84. The van der Waals surface area contributed by atoms with Crippen LogP contribution in [0.4, 0.5) is 0 Å². The number of fused-ring (bicyclic) bond motifs is 1. The molecule has 174 valence electrons. The smallest absolute Gasteiger partial charge is 0.245 e. The zero-order chi connectivity index (χ0) is 23.4. The van der Waals surface area contributed by atoms with E-state index in [0.717, 1.165) is 34.9 Å². The van der Waals surface area contributed by atoms with Gasteiger partial charge in [0.1, 0.15) is 6.04 Å². The van der Waals surface area contributed by atoms with E-state index in [4.69, 9.17) is 9.47 Å². The molecule has 2 N–H and O–H groups in total. The lowest BCUT2D eigenvalue weighted by Gasteiger charge is -2.25. The molecule has 0 radical (unpaired) electrons. The quantitative estimate of drug-likeness (QED) is 0.497. The van der Waals surface area contributed by atoms with Crippen LogP contribution in [-0.2, 0) is 22.4 Å². The lowest BCUT2D eigenvalue weighted by molar-refractivity contribution is -0.135. The van der Waals surface area contributed by atoms with Crippen molar-refractivity contribution in [1.82, 2.24) is 15.2 Å². The van der Waals surface area contributed by atoms with Gasteiger partial charge in [-0.3, -0.25) is 9.59 Å². The van der Waals surface area contributed by atoms with E-state index in [1.807, 2.05) is 48.7 Å². The number of H-pyrrole nitrogens is 1. The molecular weight excluding hydrogens is 418 g/mol. The summed E-state index contributed by atoms with van der Waals surface area (Å²) >= 11 is 0. The number of rotatable bonds is 10. The highest BCUT2D eigenvalue weighted by Crippen LogP contribution is 2.30. The lowest BCUT2D eigenvalue weighted by Crippen LogP contribution is -2.49. The molecule has 4 rings (SSSR count). The SMILES string of the molecule is COc1ccc(CCN(C)C(=O)C(Cc2c[nH]c3ccccc23)NC(=O)C2CC2)cc1OC. The van der Waals surface area contributed by atoms with Crippen molar-refractivity contribution < 1.29 is 19.1 Å². The minimum Gasteiger partial charge on any atom is -0.493 e. The van der Waals surface area contributed by atoms with Gasteiger partial charge in [0.25, 0.3) is 0 Å². The van der Waals surface area contributed by atoms with Crippen molar-refractivity contribution in [2.75, 3.05) is 27.8 Å². The first kappa shape index (κ1) is 22.7. The Kier molecular flexibility index (Phi) is 6.87. The molecule has 0 aliphatic heterocycles. The summed E-state index contributed by atoms with van der Waals surface area (Å²) in [5, 5.41) is 4.09. The van der Waals surface area contributed by atoms with Crippen LogP contribution >= 0.6 is 0 Å². The van der Waals surface area contributed by atoms with E-state index in [9.17, 15) is 9.59 Å². The molecule has 2 amide bonds. The second kappa shape index (κ2) is 9.98. The van der Waals surface area contributed by atoms with Crippen LogP contribution in [0, 0.1) is 5.92 Å². The summed E-state index contributed by atoms with van der Waals surface area (Å²) in [5.74, 6) is 1.27. The molecule has 1 aliphatic carbocycles. The number of carbonyl (C=O) groups excluding carboxylic acids is 2. The van der Waals surface area contributed by atoms with Gasteiger partial charge in [-0.25, -0.2) is 0 Å². The fraction of sp³-hybridized carbons (Fsp3) is 0.385. The first-order valence-corrected chi connectivity index (χ1v) is 11.3. The van der Waals surface area contributed by atoms with E-state index in [1.165, 1.54) is 0 Å². The topological polar surface area (TPSA) is 83.7 Å². The van der Waals surface area contributed by atoms with Gasteiger partial charge in [0.05, 0.1) is 14.2 Å². The molecule has 0 spiro atoms. The molecule has 0 bridgehead atoms. The number of para-hydroxylation sites is 1. The van der Waals surface area contributed by atoms with Gasteiger partial charge in [0.15, 0.2) is 11.5 Å². The van der Waals surface area contributed by atoms with Gasteiger partial charge in [-0.05, 0) is 48.6 Å². The third kappa shape index (κ3) is 5.30. The van der Waals surface area contributed by atoms with Crippen LogP contribution in [0.1, 0.15) is 24.0 Å². The second-order valence-corrected chi connectivity index (χ2v) is 8.60. The van der Waals surface area contributed by atoms with Gasteiger partial charge in [-0.1, -0.05) is 24.3 Å². The Labute approximate surface area is 194 Å². The van der Waals surface area contributed by atoms with Crippen molar-refractivity contribution in [3.63, 3.8) is 0 Å². The summed E-state index contributed by atoms with van der Waals surface area (Å²) in [7, 11) is 5.00. The number of likely N-dealkylation sites (N-methyl/N-ethyl adjacent to an activating group) is 1. The van der Waals surface area contributed by atoms with Crippen molar-refractivity contribution in [3.05, 3.63) is 59.8 Å². The van der Waals surface area contributed by atoms with Crippen LogP contribution in [0.15, 0.2) is 48.7 Å². The highest BCUT2D eigenvalue weighted by Gasteiger charge is 2.33. The van der Waals surface area contributed by atoms with Gasteiger partial charge in [-0.2, -0.15) is 0 Å². The van der Waals surface area contributed by atoms with E-state index >= 15 is 0 Å². The standard InChI is InChI=1S/C26H31N3O4/c1-29(13-12-17-8-11-23(32-2)24(14-17)33-3)26(31)22(28-25(30)18-9-10-18)15-19-16-27-21-7-5-4-6-20(19)21/h4-8,11,14,16,18,22,27H,9-10,12-13,15H2,1-3H3,(H,28,30). The molecule has 1 atom stereocenters. The van der Waals surface area contributed by atoms with Gasteiger partial charge < -0.3 is 24.7 Å². The fourth-order valence-corrected chi connectivity index (χ4v) is 4.06. The lowest BCUT2D eigenvalue weighted by atomic mass is 10.0. The Hall–Kier alpha value is -3.48. The molecule has 1 unspecified atom stereocenters. The molecule has 7 nitrogen and oxygen atoms in total. The van der Waals surface area contributed by atoms with Crippen LogP contribution in [0.2, 0.25) is 0 Å². The molecule has 2 aromatic carbocycles. The third-order valence-electron chi connectivity index (χ3n) is 6.22. The van der Waals surface area contributed by atoms with Crippen LogP contribution in [0.25, 0.3) is 10.9 Å². The number of aromatic amines is 1. The first-order valence-electron chi connectivity index (χ1n) is 11.3. The summed E-state index contributed by atoms with van der Waals surface area (Å²) in [6.45, 7) is 0.526. The third-order valence-corrected chi connectivity index (χ3v) is 6.22. The molecule has 1 aromatic heterocycles. The molecular formula is C26H31N3O4. The number of benzene rings is 2. The van der Waals surface area contributed by atoms with E-state index in [0.29, 0.717) is 30.9 Å². The number of carbonyl (C=O) groups is 2. The van der Waals surface area contributed by atoms with Gasteiger partial charge >= 0.3 is 0 Å². The average Bonchev–Trinajstić information content (AvgIpc) is 3.63. The maximum Gasteiger partial charge on any atom is 0.245 e. The van der Waals surface area contributed by atoms with E-state index < -0.39 is 6.04 Å². The van der Waals surface area contributed by atoms with Crippen LogP contribution in [0.3, 0.4) is 0 Å². The Bertz CT molecular complexity index is 1140. The molecule has 33 heavy (non-hydrogen) atoms. The molecule has 0 saturated heterocycles. The van der Waals surface area contributed by atoms with Crippen molar-refractivity contribution >= 4 is 22.7 Å². The van der Waals surface area contributed by atoms with E-state index in [2.05, 4.69) is 10.3 Å². The van der Waals surface area contributed by atoms with Crippen LogP contribution in [0.5, 0.6) is 11.5 Å². The summed E-state index contributed by atoms with van der Waals surface area (Å²) < 4.78 is 10.7. The van der Waals surface area contributed by atoms with Gasteiger partial charge in [0, 0.05) is 43.0 Å². The summed E-state index contributed by atoms with van der Waals surface area (Å²) in [6, 6.07) is 13.2. The number of nitrogens with one attached hydrogen (secondary N) is 2. The van der Waals surface area contributed by atoms with Gasteiger partial charge in [0.2, 0.25) is 11.8 Å². The number of methoxy groups -OCH3 is 2. The van der Waals surface area contributed by atoms with E-state index in [1.54, 1.807) is 26.2 Å². The van der Waals surface area contributed by atoms with Gasteiger partial charge in [-0.15, -0.1) is 0 Å². The van der Waals surface area contributed by atoms with Crippen molar-refractivity contribution in [2.24, 2.45) is 5.92 Å². The first-order chi connectivity index (χ1) is 16.0. The number of ether oxygens (including phenoxy) is 2. The predicted octanol–water partition coefficient (Wildman–Crippen LogP) is 3.32. The number of aromatic nitrogens is 1. The van der Waals surface area contributed by atoms with E-state index in [-0.39, 0.29) is 17.7 Å². The average molecular weight is 450 g/mol. The van der Waals surface area contributed by atoms with Crippen molar-refractivity contribution in [2.45, 2.75) is 31.7 Å². The highest BCUT2D eigenvalue weighted by atomic mass is 16.5. The number of hydrogen-bond donors (Lipinski definition) is 2. The number of nitrogens with zero attached hydrogens (tertiary/aromatic N) is 1. The largest absolute Gasteiger partial charge is 0.493 e. The van der Waals surface area contributed by atoms with Crippen molar-refractivity contribution in [3.8, 4) is 11.5 Å². The normalized spacial score (nSPS) is 14.0. The Balaban J connectivity index is 1.46. The molecule has 1 fully saturated rings. The minimum atomic E-state index is -0.604. The maximum atomic E-state index is 13.4. The maximum absolute atomic E-state index is 13.4. The Morgan fingerprint density at radius 1 is 1.12 bits per heavy atom. The molecule has 7 heteroatoms. The minimum absolute atomic E-state index is 0.0264. The molecule has 3 aromatic rings. The second-order valence-electron chi connectivity index (χ2n) is 8.60. The summed E-state index contributed by atoms with van der Waals surface area (Å²) in [4.78, 5) is 30.9. The Morgan fingerprint density at radius 2 is 1.88 bits per heavy atom. The highest BCUT2D eigenvalue weighted by molar-refractivity contribution is 5.90. The number of amides is 2. The monoisotopic (exact) mass is 449 g/mol. The Morgan fingerprint density at radius 3 is 2.61 bits per heavy atom. The molecule has 1 heterocycles. The van der Waals surface area contributed by atoms with Crippen LogP contribution in [-0.4, -0.2) is 55.6 Å². The number of hydrogen-bond acceptors (Lipinski definition) is 4. The zero-order valence-corrected chi connectivity index (χ0v) is 19.4. The zero-order valence-electron chi connectivity index (χ0n) is 19.4.